The Balaban J connectivity index is 1.49. The lowest BCUT2D eigenvalue weighted by molar-refractivity contribution is -0.143. The largest absolute Gasteiger partial charge is 0.364 e. The van der Waals surface area contributed by atoms with E-state index < -0.39 is 0 Å². The molecule has 1 fully saturated rings. The third kappa shape index (κ3) is 2.72. The summed E-state index contributed by atoms with van der Waals surface area (Å²) in [5, 5.41) is 4.52. The fourth-order valence-electron chi connectivity index (χ4n) is 3.58. The van der Waals surface area contributed by atoms with Gasteiger partial charge in [-0.15, -0.1) is 0 Å². The van der Waals surface area contributed by atoms with E-state index in [1.165, 1.54) is 5.69 Å². The van der Waals surface area contributed by atoms with Gasteiger partial charge in [-0.3, -0.25) is 4.79 Å². The van der Waals surface area contributed by atoms with Crippen molar-refractivity contribution < 1.29 is 9.53 Å². The van der Waals surface area contributed by atoms with Crippen LogP contribution in [0.5, 0.6) is 0 Å². The molecule has 4 rings (SSSR count). The van der Waals surface area contributed by atoms with Crippen LogP contribution in [0.3, 0.4) is 0 Å². The van der Waals surface area contributed by atoms with E-state index in [1.54, 1.807) is 0 Å². The number of amides is 1. The van der Waals surface area contributed by atoms with Gasteiger partial charge in [-0.05, 0) is 25.0 Å². The highest BCUT2D eigenvalue weighted by Gasteiger charge is 2.34. The SMILES string of the molecule is NC[C@H]1CC[C@@H](C(=O)N2CCc3c(cnn3-c3ccccc3)C2)O1. The van der Waals surface area contributed by atoms with Gasteiger partial charge in [0.25, 0.3) is 5.91 Å². The predicted octanol–water partition coefficient (Wildman–Crippen LogP) is 1.26. The Morgan fingerprint density at radius 2 is 2.12 bits per heavy atom. The summed E-state index contributed by atoms with van der Waals surface area (Å²) in [6.07, 6.45) is 4.03. The molecule has 2 atom stereocenters. The quantitative estimate of drug-likeness (QED) is 0.922. The maximum Gasteiger partial charge on any atom is 0.252 e. The summed E-state index contributed by atoms with van der Waals surface area (Å²) in [6.45, 7) is 1.80. The van der Waals surface area contributed by atoms with E-state index in [4.69, 9.17) is 10.5 Å². The number of ether oxygens (including phenoxy) is 1. The number of hydrogen-bond donors (Lipinski definition) is 1. The molecule has 0 radical (unpaired) electrons. The highest BCUT2D eigenvalue weighted by atomic mass is 16.5. The molecule has 1 saturated heterocycles. The second kappa shape index (κ2) is 6.37. The first kappa shape index (κ1) is 15.4. The van der Waals surface area contributed by atoms with Crippen LogP contribution >= 0.6 is 0 Å². The molecule has 126 valence electrons. The Kier molecular flexibility index (Phi) is 4.08. The van der Waals surface area contributed by atoms with Gasteiger partial charge in [0.2, 0.25) is 0 Å². The van der Waals surface area contributed by atoms with Crippen molar-refractivity contribution in [1.29, 1.82) is 0 Å². The average Bonchev–Trinajstić information content (AvgIpc) is 3.28. The van der Waals surface area contributed by atoms with E-state index in [1.807, 2.05) is 46.1 Å². The molecule has 0 aliphatic carbocycles. The molecule has 2 aliphatic rings. The molecule has 0 bridgehead atoms. The molecule has 2 aromatic rings. The zero-order valence-electron chi connectivity index (χ0n) is 13.6. The van der Waals surface area contributed by atoms with Crippen molar-refractivity contribution in [3.63, 3.8) is 0 Å². The Labute approximate surface area is 141 Å². The van der Waals surface area contributed by atoms with Crippen LogP contribution in [0.1, 0.15) is 24.1 Å². The van der Waals surface area contributed by atoms with E-state index in [0.29, 0.717) is 19.6 Å². The zero-order chi connectivity index (χ0) is 16.5. The minimum Gasteiger partial charge on any atom is -0.364 e. The molecule has 2 aliphatic heterocycles. The number of aromatic nitrogens is 2. The average molecular weight is 326 g/mol. The van der Waals surface area contributed by atoms with Gasteiger partial charge >= 0.3 is 0 Å². The molecule has 1 aromatic heterocycles. The van der Waals surface area contributed by atoms with Gasteiger partial charge in [-0.2, -0.15) is 5.10 Å². The lowest BCUT2D eigenvalue weighted by Gasteiger charge is -2.29. The Hall–Kier alpha value is -2.18. The predicted molar refractivity (Wildman–Crippen MR) is 89.6 cm³/mol. The van der Waals surface area contributed by atoms with Crippen molar-refractivity contribution >= 4 is 5.91 Å². The summed E-state index contributed by atoms with van der Waals surface area (Å²) >= 11 is 0. The van der Waals surface area contributed by atoms with Gasteiger partial charge < -0.3 is 15.4 Å². The normalized spacial score (nSPS) is 23.3. The van der Waals surface area contributed by atoms with Crippen molar-refractivity contribution in [2.75, 3.05) is 13.1 Å². The van der Waals surface area contributed by atoms with E-state index in [-0.39, 0.29) is 18.1 Å². The second-order valence-electron chi connectivity index (χ2n) is 6.43. The third-order valence-electron chi connectivity index (χ3n) is 4.89. The van der Waals surface area contributed by atoms with E-state index >= 15 is 0 Å². The van der Waals surface area contributed by atoms with Gasteiger partial charge in [0, 0.05) is 31.6 Å². The zero-order valence-corrected chi connectivity index (χ0v) is 13.6. The molecule has 6 nitrogen and oxygen atoms in total. The fraction of sp³-hybridized carbons (Fsp3) is 0.444. The van der Waals surface area contributed by atoms with Crippen LogP contribution < -0.4 is 5.73 Å². The molecule has 1 aromatic carbocycles. The number of rotatable bonds is 3. The molecule has 2 N–H and O–H groups in total. The lowest BCUT2D eigenvalue weighted by Crippen LogP contribution is -2.42. The van der Waals surface area contributed by atoms with Crippen LogP contribution in [0.2, 0.25) is 0 Å². The van der Waals surface area contributed by atoms with E-state index in [2.05, 4.69) is 5.10 Å². The first-order chi connectivity index (χ1) is 11.8. The van der Waals surface area contributed by atoms with Gasteiger partial charge in [-0.1, -0.05) is 18.2 Å². The van der Waals surface area contributed by atoms with E-state index in [0.717, 1.165) is 30.5 Å². The number of nitrogens with two attached hydrogens (primary N) is 1. The fourth-order valence-corrected chi connectivity index (χ4v) is 3.58. The summed E-state index contributed by atoms with van der Waals surface area (Å²) in [7, 11) is 0. The first-order valence-corrected chi connectivity index (χ1v) is 8.52. The summed E-state index contributed by atoms with van der Waals surface area (Å²) in [4.78, 5) is 14.6. The van der Waals surface area contributed by atoms with Crippen LogP contribution in [-0.2, 0) is 22.5 Å². The van der Waals surface area contributed by atoms with Crippen molar-refractivity contribution in [2.45, 2.75) is 38.0 Å². The standard InChI is InChI=1S/C18H22N4O2/c19-10-15-6-7-17(24-15)18(23)21-9-8-16-13(12-21)11-20-22(16)14-4-2-1-3-5-14/h1-5,11,15,17H,6-10,12,19H2/t15-,17+/m1/s1. The van der Waals surface area contributed by atoms with Crippen LogP contribution in [-0.4, -0.2) is 45.9 Å². The number of fused-ring (bicyclic) bond motifs is 1. The molecule has 0 unspecified atom stereocenters. The van der Waals surface area contributed by atoms with Crippen LogP contribution in [0, 0.1) is 0 Å². The minimum atomic E-state index is -0.329. The van der Waals surface area contributed by atoms with Crippen LogP contribution in [0.25, 0.3) is 5.69 Å². The van der Waals surface area contributed by atoms with Gasteiger partial charge in [0.15, 0.2) is 0 Å². The Morgan fingerprint density at radius 3 is 2.88 bits per heavy atom. The highest BCUT2D eigenvalue weighted by Crippen LogP contribution is 2.25. The monoisotopic (exact) mass is 326 g/mol. The lowest BCUT2D eigenvalue weighted by atomic mass is 10.1. The summed E-state index contributed by atoms with van der Waals surface area (Å²) in [5.74, 6) is 0.0871. The summed E-state index contributed by atoms with van der Waals surface area (Å²) in [6, 6.07) is 10.1. The number of benzene rings is 1. The van der Waals surface area contributed by atoms with E-state index in [9.17, 15) is 4.79 Å². The second-order valence-corrected chi connectivity index (χ2v) is 6.43. The van der Waals surface area contributed by atoms with Crippen molar-refractivity contribution in [2.24, 2.45) is 5.73 Å². The number of hydrogen-bond acceptors (Lipinski definition) is 4. The van der Waals surface area contributed by atoms with Crippen LogP contribution in [0.15, 0.2) is 36.5 Å². The van der Waals surface area contributed by atoms with Crippen LogP contribution in [0.4, 0.5) is 0 Å². The summed E-state index contributed by atoms with van der Waals surface area (Å²) < 4.78 is 7.73. The minimum absolute atomic E-state index is 0.0279. The first-order valence-electron chi connectivity index (χ1n) is 8.52. The van der Waals surface area contributed by atoms with Crippen molar-refractivity contribution in [1.82, 2.24) is 14.7 Å². The number of para-hydroxylation sites is 1. The van der Waals surface area contributed by atoms with Gasteiger partial charge in [-0.25, -0.2) is 4.68 Å². The maximum atomic E-state index is 12.7. The number of carbonyl (C=O) groups excluding carboxylic acids is 1. The molecule has 3 heterocycles. The van der Waals surface area contributed by atoms with Gasteiger partial charge in [0.1, 0.15) is 6.10 Å². The Bertz CT molecular complexity index is 728. The Morgan fingerprint density at radius 1 is 1.29 bits per heavy atom. The molecular weight excluding hydrogens is 304 g/mol. The van der Waals surface area contributed by atoms with Crippen molar-refractivity contribution in [3.05, 3.63) is 47.8 Å². The van der Waals surface area contributed by atoms with Crippen molar-refractivity contribution in [3.8, 4) is 5.69 Å². The molecular formula is C18H22N4O2. The smallest absolute Gasteiger partial charge is 0.252 e. The summed E-state index contributed by atoms with van der Waals surface area (Å²) in [5.41, 5.74) is 9.00. The molecule has 0 saturated carbocycles. The highest BCUT2D eigenvalue weighted by molar-refractivity contribution is 5.81. The molecule has 6 heteroatoms. The number of nitrogens with zero attached hydrogens (tertiary/aromatic N) is 3. The number of carbonyl (C=O) groups is 1. The maximum absolute atomic E-state index is 12.7. The molecule has 24 heavy (non-hydrogen) atoms. The molecule has 0 spiro atoms. The topological polar surface area (TPSA) is 73.4 Å². The third-order valence-corrected chi connectivity index (χ3v) is 4.89. The molecule has 1 amide bonds. The van der Waals surface area contributed by atoms with Gasteiger partial charge in [0.05, 0.1) is 23.7 Å².